The van der Waals surface area contributed by atoms with Crippen molar-refractivity contribution in [2.45, 2.75) is 26.2 Å². The zero-order chi connectivity index (χ0) is 23.5. The molecule has 1 atom stereocenters. The third kappa shape index (κ3) is 5.23. The molecule has 1 aliphatic heterocycles. The van der Waals surface area contributed by atoms with E-state index >= 15 is 0 Å². The number of rotatable bonds is 6. The molecule has 1 fully saturated rings. The number of amides is 3. The number of hydrogen-bond acceptors (Lipinski definition) is 6. The number of aromatic nitrogens is 2. The molecule has 10 heteroatoms. The van der Waals surface area contributed by atoms with Gasteiger partial charge in [-0.25, -0.2) is 4.39 Å². The summed E-state index contributed by atoms with van der Waals surface area (Å²) in [6, 6.07) is 12.4. The molecule has 1 aromatic heterocycles. The van der Waals surface area contributed by atoms with E-state index in [4.69, 9.17) is 0 Å². The van der Waals surface area contributed by atoms with Gasteiger partial charge in [0.15, 0.2) is 0 Å². The van der Waals surface area contributed by atoms with Gasteiger partial charge in [-0.1, -0.05) is 31.3 Å². The van der Waals surface area contributed by atoms with Crippen LogP contribution < -0.4 is 15.5 Å². The van der Waals surface area contributed by atoms with E-state index in [1.807, 2.05) is 0 Å². The molecule has 2 aromatic carbocycles. The summed E-state index contributed by atoms with van der Waals surface area (Å²) in [5.41, 5.74) is 1.53. The molecular formula is C23H22FN5O3S. The fourth-order valence-electron chi connectivity index (χ4n) is 3.39. The van der Waals surface area contributed by atoms with E-state index in [0.29, 0.717) is 33.6 Å². The van der Waals surface area contributed by atoms with Gasteiger partial charge in [0.25, 0.3) is 5.91 Å². The van der Waals surface area contributed by atoms with Crippen LogP contribution in [0.5, 0.6) is 0 Å². The topological polar surface area (TPSA) is 104 Å². The van der Waals surface area contributed by atoms with E-state index < -0.39 is 0 Å². The van der Waals surface area contributed by atoms with Crippen LogP contribution in [0.1, 0.15) is 41.6 Å². The van der Waals surface area contributed by atoms with Crippen LogP contribution in [0, 0.1) is 11.7 Å². The molecule has 2 heterocycles. The smallest absolute Gasteiger partial charge is 0.257 e. The molecule has 3 aromatic rings. The van der Waals surface area contributed by atoms with Crippen LogP contribution in [0.15, 0.2) is 48.5 Å². The van der Waals surface area contributed by atoms with Gasteiger partial charge >= 0.3 is 0 Å². The van der Waals surface area contributed by atoms with E-state index in [0.717, 1.165) is 0 Å². The molecular weight excluding hydrogens is 445 g/mol. The number of halogens is 1. The maximum atomic E-state index is 13.2. The number of nitrogens with one attached hydrogen (secondary N) is 2. The first kappa shape index (κ1) is 22.5. The van der Waals surface area contributed by atoms with Crippen molar-refractivity contribution >= 4 is 45.6 Å². The van der Waals surface area contributed by atoms with E-state index in [-0.39, 0.29) is 41.8 Å². The summed E-state index contributed by atoms with van der Waals surface area (Å²) in [4.78, 5) is 38.6. The Morgan fingerprint density at radius 3 is 2.61 bits per heavy atom. The normalized spacial score (nSPS) is 15.7. The maximum Gasteiger partial charge on any atom is 0.257 e. The molecule has 33 heavy (non-hydrogen) atoms. The first-order valence-corrected chi connectivity index (χ1v) is 11.2. The highest BCUT2D eigenvalue weighted by Crippen LogP contribution is 2.34. The number of nitrogens with zero attached hydrogens (tertiary/aromatic N) is 3. The quantitative estimate of drug-likeness (QED) is 0.569. The monoisotopic (exact) mass is 467 g/mol. The molecule has 3 amide bonds. The van der Waals surface area contributed by atoms with Gasteiger partial charge in [-0.05, 0) is 42.5 Å². The first-order chi connectivity index (χ1) is 15.8. The summed E-state index contributed by atoms with van der Waals surface area (Å²) >= 11 is 1.21. The fraction of sp³-hybridized carbons (Fsp3) is 0.261. The summed E-state index contributed by atoms with van der Waals surface area (Å²) in [5, 5.41) is 14.6. The van der Waals surface area contributed by atoms with Crippen molar-refractivity contribution in [3.8, 4) is 0 Å². The minimum absolute atomic E-state index is 0.0762. The zero-order valence-corrected chi connectivity index (χ0v) is 18.9. The van der Waals surface area contributed by atoms with E-state index in [1.165, 1.54) is 23.5 Å². The molecule has 0 bridgehead atoms. The lowest BCUT2D eigenvalue weighted by Gasteiger charge is -2.16. The van der Waals surface area contributed by atoms with Crippen LogP contribution in [-0.2, 0) is 9.59 Å². The van der Waals surface area contributed by atoms with Crippen LogP contribution in [0.2, 0.25) is 0 Å². The molecule has 1 unspecified atom stereocenters. The van der Waals surface area contributed by atoms with Gasteiger partial charge in [0.05, 0.1) is 0 Å². The Labute approximate surface area is 193 Å². The van der Waals surface area contributed by atoms with E-state index in [1.54, 1.807) is 55.1 Å². The Morgan fingerprint density at radius 2 is 1.88 bits per heavy atom. The second-order valence-corrected chi connectivity index (χ2v) is 9.02. The summed E-state index contributed by atoms with van der Waals surface area (Å²) < 4.78 is 13.2. The predicted molar refractivity (Wildman–Crippen MR) is 124 cm³/mol. The van der Waals surface area contributed by atoms with Crippen LogP contribution >= 0.6 is 11.3 Å². The van der Waals surface area contributed by atoms with Crippen LogP contribution in [0.25, 0.3) is 0 Å². The second-order valence-electron chi connectivity index (χ2n) is 8.01. The van der Waals surface area contributed by atoms with Crippen LogP contribution in [-0.4, -0.2) is 34.5 Å². The molecule has 8 nitrogen and oxygen atoms in total. The van der Waals surface area contributed by atoms with Crippen molar-refractivity contribution in [2.75, 3.05) is 22.1 Å². The second kappa shape index (κ2) is 9.45. The van der Waals surface area contributed by atoms with Crippen LogP contribution in [0.4, 0.5) is 20.9 Å². The van der Waals surface area contributed by atoms with Crippen molar-refractivity contribution in [2.24, 2.45) is 5.92 Å². The lowest BCUT2D eigenvalue weighted by Crippen LogP contribution is -2.24. The average Bonchev–Trinajstić information content (AvgIpc) is 3.41. The number of hydrogen-bond donors (Lipinski definition) is 2. The van der Waals surface area contributed by atoms with E-state index in [9.17, 15) is 18.8 Å². The molecule has 0 spiro atoms. The van der Waals surface area contributed by atoms with Gasteiger partial charge in [0.1, 0.15) is 10.8 Å². The summed E-state index contributed by atoms with van der Waals surface area (Å²) in [6.45, 7) is 3.98. The molecule has 2 N–H and O–H groups in total. The third-order valence-electron chi connectivity index (χ3n) is 5.19. The highest BCUT2D eigenvalue weighted by molar-refractivity contribution is 7.15. The first-order valence-electron chi connectivity index (χ1n) is 10.4. The summed E-state index contributed by atoms with van der Waals surface area (Å²) in [7, 11) is 0. The van der Waals surface area contributed by atoms with E-state index in [2.05, 4.69) is 20.8 Å². The van der Waals surface area contributed by atoms with Gasteiger partial charge in [-0.15, -0.1) is 10.2 Å². The van der Waals surface area contributed by atoms with Gasteiger partial charge in [-0.2, -0.15) is 0 Å². The van der Waals surface area contributed by atoms with Gasteiger partial charge in [0, 0.05) is 41.7 Å². The number of benzene rings is 2. The fourth-order valence-corrected chi connectivity index (χ4v) is 4.22. The SMILES string of the molecule is CC(C)C(=O)Nc1cccc(C(=O)Nc2nnc(C3CC(=O)N(c4ccc(F)cc4)C3)s2)c1. The van der Waals surface area contributed by atoms with Crippen molar-refractivity contribution < 1.29 is 18.8 Å². The van der Waals surface area contributed by atoms with Crippen LogP contribution in [0.3, 0.4) is 0 Å². The number of anilines is 3. The Bertz CT molecular complexity index is 1190. The highest BCUT2D eigenvalue weighted by atomic mass is 32.1. The summed E-state index contributed by atoms with van der Waals surface area (Å²) in [6.07, 6.45) is 0.261. The largest absolute Gasteiger partial charge is 0.326 e. The number of carbonyl (C=O) groups is 3. The number of carbonyl (C=O) groups excluding carboxylic acids is 3. The minimum Gasteiger partial charge on any atom is -0.326 e. The standard InChI is InChI=1S/C23H22FN5O3S/c1-13(2)20(31)25-17-5-3-4-14(10-17)21(32)26-23-28-27-22(33-23)15-11-19(30)29(12-15)18-8-6-16(24)7-9-18/h3-10,13,15H,11-12H2,1-2H3,(H,25,31)(H,26,28,32). The Hall–Kier alpha value is -3.66. The minimum atomic E-state index is -0.381. The predicted octanol–water partition coefficient (Wildman–Crippen LogP) is 4.04. The zero-order valence-electron chi connectivity index (χ0n) is 18.0. The average molecular weight is 468 g/mol. The van der Waals surface area contributed by atoms with Crippen molar-refractivity contribution in [3.63, 3.8) is 0 Å². The Kier molecular flexibility index (Phi) is 6.45. The molecule has 1 aliphatic rings. The van der Waals surface area contributed by atoms with Gasteiger partial charge in [0.2, 0.25) is 16.9 Å². The molecule has 170 valence electrons. The summed E-state index contributed by atoms with van der Waals surface area (Å²) in [5.74, 6) is -1.30. The van der Waals surface area contributed by atoms with Gasteiger partial charge in [-0.3, -0.25) is 19.7 Å². The van der Waals surface area contributed by atoms with Gasteiger partial charge < -0.3 is 10.2 Å². The molecule has 4 rings (SSSR count). The lowest BCUT2D eigenvalue weighted by atomic mass is 10.1. The van der Waals surface area contributed by atoms with Crippen molar-refractivity contribution in [3.05, 3.63) is 64.9 Å². The molecule has 0 aliphatic carbocycles. The maximum absolute atomic E-state index is 13.2. The third-order valence-corrected chi connectivity index (χ3v) is 6.19. The Balaban J connectivity index is 1.41. The van der Waals surface area contributed by atoms with Crippen molar-refractivity contribution in [1.82, 2.24) is 10.2 Å². The molecule has 0 radical (unpaired) electrons. The highest BCUT2D eigenvalue weighted by Gasteiger charge is 2.34. The molecule has 1 saturated heterocycles. The Morgan fingerprint density at radius 1 is 1.12 bits per heavy atom. The molecule has 0 saturated carbocycles. The lowest BCUT2D eigenvalue weighted by molar-refractivity contribution is -0.119. The van der Waals surface area contributed by atoms with Crippen molar-refractivity contribution in [1.29, 1.82) is 0 Å².